The molecule has 0 bridgehead atoms. The summed E-state index contributed by atoms with van der Waals surface area (Å²) in [4.78, 5) is 18.8. The van der Waals surface area contributed by atoms with Gasteiger partial charge in [0.1, 0.15) is 5.54 Å². The smallest absolute Gasteiger partial charge is 0.234 e. The van der Waals surface area contributed by atoms with Crippen LogP contribution in [-0.2, 0) is 4.79 Å². The predicted octanol–water partition coefficient (Wildman–Crippen LogP) is 3.96. The van der Waals surface area contributed by atoms with Gasteiger partial charge in [0, 0.05) is 25.1 Å². The second-order valence-electron chi connectivity index (χ2n) is 6.86. The summed E-state index contributed by atoms with van der Waals surface area (Å²) in [7, 11) is 1.77. The van der Waals surface area contributed by atoms with Crippen LogP contribution >= 0.6 is 11.8 Å². The Balaban J connectivity index is 1.69. The van der Waals surface area contributed by atoms with Crippen molar-refractivity contribution in [2.24, 2.45) is 0 Å². The number of aryl methyl sites for hydroxylation is 1. The Morgan fingerprint density at radius 3 is 2.85 bits per heavy atom. The number of benzene rings is 1. The van der Waals surface area contributed by atoms with Crippen LogP contribution < -0.4 is 0 Å². The number of carbonyl (C=O) groups is 1. The van der Waals surface area contributed by atoms with E-state index in [9.17, 15) is 10.1 Å². The highest BCUT2D eigenvalue weighted by molar-refractivity contribution is 7.99. The number of rotatable bonds is 5. The van der Waals surface area contributed by atoms with Crippen LogP contribution in [0.4, 0.5) is 0 Å². The van der Waals surface area contributed by atoms with Crippen LogP contribution in [0.5, 0.6) is 0 Å². The maximum absolute atomic E-state index is 12.7. The van der Waals surface area contributed by atoms with Gasteiger partial charge in [-0.3, -0.25) is 9.36 Å². The molecule has 1 amide bonds. The molecule has 0 atom stereocenters. The summed E-state index contributed by atoms with van der Waals surface area (Å²) in [5.74, 6) is 0.264. The van der Waals surface area contributed by atoms with Gasteiger partial charge in [-0.15, -0.1) is 0 Å². The number of carbonyl (C=O) groups excluding carboxylic acids is 1. The molecule has 1 aromatic carbocycles. The molecule has 5 nitrogen and oxygen atoms in total. The van der Waals surface area contributed by atoms with E-state index in [0.29, 0.717) is 0 Å². The van der Waals surface area contributed by atoms with Gasteiger partial charge in [-0.1, -0.05) is 43.2 Å². The van der Waals surface area contributed by atoms with Crippen molar-refractivity contribution >= 4 is 17.7 Å². The molecule has 1 aromatic heterocycles. The largest absolute Gasteiger partial charge is 0.326 e. The lowest BCUT2D eigenvalue weighted by atomic mass is 9.81. The van der Waals surface area contributed by atoms with Crippen LogP contribution in [-0.4, -0.2) is 38.7 Å². The fraction of sp³-hybridized carbons (Fsp3) is 0.450. The summed E-state index contributed by atoms with van der Waals surface area (Å²) in [6.45, 7) is 2.05. The standard InChI is InChI=1S/C20H24N4OS/c1-16-7-6-8-17(13-16)24-12-11-22-19(24)26-14-18(25)23(2)20(15-21)9-4-3-5-10-20/h6-8,11-13H,3-5,9-10,14H2,1-2H3. The van der Waals surface area contributed by atoms with Crippen LogP contribution in [0.1, 0.15) is 37.7 Å². The molecule has 1 heterocycles. The van der Waals surface area contributed by atoms with Gasteiger partial charge in [0.05, 0.1) is 11.8 Å². The fourth-order valence-electron chi connectivity index (χ4n) is 3.49. The van der Waals surface area contributed by atoms with E-state index < -0.39 is 5.54 Å². The number of hydrogen-bond donors (Lipinski definition) is 0. The monoisotopic (exact) mass is 368 g/mol. The first kappa shape index (κ1) is 18.5. The first-order valence-electron chi connectivity index (χ1n) is 8.97. The minimum absolute atomic E-state index is 0.0164. The number of thioether (sulfide) groups is 1. The highest BCUT2D eigenvalue weighted by atomic mass is 32.2. The van der Waals surface area contributed by atoms with E-state index in [1.807, 2.05) is 22.9 Å². The van der Waals surface area contributed by atoms with Gasteiger partial charge in [0.2, 0.25) is 5.91 Å². The summed E-state index contributed by atoms with van der Waals surface area (Å²) in [6, 6.07) is 10.6. The maximum Gasteiger partial charge on any atom is 0.234 e. The SMILES string of the molecule is Cc1cccc(-n2ccnc2SCC(=O)N(C)C2(C#N)CCCCC2)c1. The number of nitrogens with zero attached hydrogens (tertiary/aromatic N) is 4. The molecular weight excluding hydrogens is 344 g/mol. The number of imidazole rings is 1. The highest BCUT2D eigenvalue weighted by Crippen LogP contribution is 2.33. The zero-order valence-electron chi connectivity index (χ0n) is 15.3. The maximum atomic E-state index is 12.7. The molecule has 0 unspecified atom stereocenters. The van der Waals surface area contributed by atoms with E-state index in [1.165, 1.54) is 17.3 Å². The summed E-state index contributed by atoms with van der Waals surface area (Å²) in [5.41, 5.74) is 1.57. The van der Waals surface area contributed by atoms with Crippen molar-refractivity contribution in [1.29, 1.82) is 5.26 Å². The molecule has 1 saturated carbocycles. The average molecular weight is 369 g/mol. The highest BCUT2D eigenvalue weighted by Gasteiger charge is 2.38. The van der Waals surface area contributed by atoms with Crippen molar-refractivity contribution in [1.82, 2.24) is 14.5 Å². The molecule has 2 aromatic rings. The van der Waals surface area contributed by atoms with Crippen molar-refractivity contribution in [2.75, 3.05) is 12.8 Å². The van der Waals surface area contributed by atoms with E-state index >= 15 is 0 Å². The lowest BCUT2D eigenvalue weighted by molar-refractivity contribution is -0.131. The molecule has 136 valence electrons. The zero-order chi connectivity index (χ0) is 18.6. The molecule has 26 heavy (non-hydrogen) atoms. The summed E-state index contributed by atoms with van der Waals surface area (Å²) < 4.78 is 1.99. The number of amides is 1. The second-order valence-corrected chi connectivity index (χ2v) is 7.81. The lowest BCUT2D eigenvalue weighted by Gasteiger charge is -2.39. The Morgan fingerprint density at radius 2 is 2.15 bits per heavy atom. The molecule has 0 saturated heterocycles. The number of hydrogen-bond acceptors (Lipinski definition) is 4. The van der Waals surface area contributed by atoms with E-state index in [0.717, 1.165) is 42.9 Å². The summed E-state index contributed by atoms with van der Waals surface area (Å²) >= 11 is 1.42. The Morgan fingerprint density at radius 1 is 1.38 bits per heavy atom. The zero-order valence-corrected chi connectivity index (χ0v) is 16.1. The van der Waals surface area contributed by atoms with Crippen LogP contribution in [0.25, 0.3) is 5.69 Å². The van der Waals surface area contributed by atoms with Gasteiger partial charge in [-0.2, -0.15) is 5.26 Å². The minimum Gasteiger partial charge on any atom is -0.326 e. The van der Waals surface area contributed by atoms with E-state index in [1.54, 1.807) is 18.1 Å². The van der Waals surface area contributed by atoms with Crippen molar-refractivity contribution in [3.05, 3.63) is 42.2 Å². The van der Waals surface area contributed by atoms with Crippen molar-refractivity contribution in [2.45, 2.75) is 49.7 Å². The van der Waals surface area contributed by atoms with Crippen LogP contribution in [0.15, 0.2) is 41.8 Å². The number of aromatic nitrogens is 2. The van der Waals surface area contributed by atoms with Crippen LogP contribution in [0.3, 0.4) is 0 Å². The third-order valence-corrected chi connectivity index (χ3v) is 6.07. The molecule has 0 spiro atoms. The van der Waals surface area contributed by atoms with Gasteiger partial charge in [0.25, 0.3) is 0 Å². The quantitative estimate of drug-likeness (QED) is 0.750. The molecule has 1 fully saturated rings. The second kappa shape index (κ2) is 7.96. The first-order chi connectivity index (χ1) is 12.6. The van der Waals surface area contributed by atoms with Gasteiger partial charge < -0.3 is 4.90 Å². The fourth-order valence-corrected chi connectivity index (χ4v) is 4.38. The molecule has 3 rings (SSSR count). The Hall–Kier alpha value is -2.26. The molecule has 1 aliphatic carbocycles. The average Bonchev–Trinajstić information content (AvgIpc) is 3.14. The Labute approximate surface area is 159 Å². The van der Waals surface area contributed by atoms with Gasteiger partial charge in [0.15, 0.2) is 5.16 Å². The summed E-state index contributed by atoms with van der Waals surface area (Å²) in [5, 5.41) is 10.4. The van der Waals surface area contributed by atoms with Gasteiger partial charge >= 0.3 is 0 Å². The van der Waals surface area contributed by atoms with Crippen molar-refractivity contribution in [3.8, 4) is 11.8 Å². The topological polar surface area (TPSA) is 61.9 Å². The summed E-state index contributed by atoms with van der Waals surface area (Å²) in [6.07, 6.45) is 8.36. The predicted molar refractivity (Wildman–Crippen MR) is 103 cm³/mol. The van der Waals surface area contributed by atoms with E-state index in [-0.39, 0.29) is 11.7 Å². The Kier molecular flexibility index (Phi) is 5.67. The first-order valence-corrected chi connectivity index (χ1v) is 9.95. The normalized spacial score (nSPS) is 16.0. The van der Waals surface area contributed by atoms with E-state index in [4.69, 9.17) is 0 Å². The van der Waals surface area contributed by atoms with Gasteiger partial charge in [-0.25, -0.2) is 4.98 Å². The van der Waals surface area contributed by atoms with Gasteiger partial charge in [-0.05, 0) is 37.5 Å². The lowest BCUT2D eigenvalue weighted by Crippen LogP contribution is -2.50. The molecule has 0 radical (unpaired) electrons. The third-order valence-electron chi connectivity index (χ3n) is 5.12. The molecule has 0 N–H and O–H groups in total. The molecule has 1 aliphatic rings. The van der Waals surface area contributed by atoms with Crippen LogP contribution in [0, 0.1) is 18.3 Å². The molecular formula is C20H24N4OS. The van der Waals surface area contributed by atoms with Crippen molar-refractivity contribution in [3.63, 3.8) is 0 Å². The van der Waals surface area contributed by atoms with E-state index in [2.05, 4.69) is 30.1 Å². The molecule has 6 heteroatoms. The molecule has 0 aliphatic heterocycles. The van der Waals surface area contributed by atoms with Crippen LogP contribution in [0.2, 0.25) is 0 Å². The Bertz CT molecular complexity index is 817. The van der Waals surface area contributed by atoms with Crippen molar-refractivity contribution < 1.29 is 4.79 Å². The minimum atomic E-state index is -0.637. The third kappa shape index (κ3) is 3.78. The number of nitriles is 1.